The highest BCUT2D eigenvalue weighted by atomic mass is 32.2. The summed E-state index contributed by atoms with van der Waals surface area (Å²) in [7, 11) is -3.98. The van der Waals surface area contributed by atoms with Crippen LogP contribution in [0.1, 0.15) is 27.0 Å². The molecule has 0 fully saturated rings. The van der Waals surface area contributed by atoms with Gasteiger partial charge < -0.3 is 5.32 Å². The van der Waals surface area contributed by atoms with E-state index in [1.807, 2.05) is 36.4 Å². The Bertz CT molecular complexity index is 1440. The number of rotatable bonds is 8. The summed E-state index contributed by atoms with van der Waals surface area (Å²) in [5.74, 6) is -2.31. The molecule has 0 spiro atoms. The molecule has 4 rings (SSSR count). The van der Waals surface area contributed by atoms with Crippen molar-refractivity contribution in [3.63, 3.8) is 0 Å². The normalized spacial score (nSPS) is 11.2. The summed E-state index contributed by atoms with van der Waals surface area (Å²) in [6.45, 7) is -0.294. The van der Waals surface area contributed by atoms with E-state index in [1.165, 1.54) is 12.1 Å². The lowest BCUT2D eigenvalue weighted by atomic mass is 10.1. The molecule has 1 amide bonds. The Morgan fingerprint density at radius 2 is 1.39 bits per heavy atom. The molecule has 0 unspecified atom stereocenters. The first kappa shape index (κ1) is 25.0. The number of halogens is 2. The third-order valence-corrected chi connectivity index (χ3v) is 6.61. The number of carbonyl (C=O) groups is 1. The zero-order chi connectivity index (χ0) is 25.7. The first-order valence-electron chi connectivity index (χ1n) is 11.0. The molecule has 36 heavy (non-hydrogen) atoms. The topological polar surface area (TPSA) is 79.4 Å². The lowest BCUT2D eigenvalue weighted by Crippen LogP contribution is -2.31. The highest BCUT2D eigenvalue weighted by molar-refractivity contribution is 7.92. The van der Waals surface area contributed by atoms with Crippen LogP contribution in [0.15, 0.2) is 91.3 Å². The van der Waals surface area contributed by atoms with E-state index in [4.69, 9.17) is 0 Å². The Kier molecular flexibility index (Phi) is 7.40. The van der Waals surface area contributed by atoms with Crippen molar-refractivity contribution in [2.45, 2.75) is 13.0 Å². The fourth-order valence-electron chi connectivity index (χ4n) is 3.66. The minimum atomic E-state index is -3.98. The van der Waals surface area contributed by atoms with Crippen molar-refractivity contribution in [1.82, 2.24) is 4.98 Å². The van der Waals surface area contributed by atoms with Gasteiger partial charge in [0.15, 0.2) is 11.6 Å². The van der Waals surface area contributed by atoms with Crippen LogP contribution in [-0.2, 0) is 23.0 Å². The van der Waals surface area contributed by atoms with E-state index in [9.17, 15) is 22.0 Å². The Hall–Kier alpha value is -4.11. The number of nitrogens with one attached hydrogen (secondary N) is 1. The second-order valence-corrected chi connectivity index (χ2v) is 10.1. The van der Waals surface area contributed by atoms with Crippen molar-refractivity contribution >= 4 is 27.3 Å². The highest BCUT2D eigenvalue weighted by Crippen LogP contribution is 2.27. The molecule has 1 N–H and O–H groups in total. The van der Waals surface area contributed by atoms with Gasteiger partial charge in [-0.1, -0.05) is 30.3 Å². The molecule has 0 saturated carbocycles. The predicted molar refractivity (Wildman–Crippen MR) is 135 cm³/mol. The number of para-hydroxylation sites is 1. The van der Waals surface area contributed by atoms with Crippen molar-refractivity contribution in [3.05, 3.63) is 125 Å². The van der Waals surface area contributed by atoms with Crippen molar-refractivity contribution in [2.75, 3.05) is 15.9 Å². The van der Waals surface area contributed by atoms with Crippen LogP contribution >= 0.6 is 0 Å². The number of amides is 1. The molecule has 9 heteroatoms. The maximum Gasteiger partial charge on any atom is 0.255 e. The van der Waals surface area contributed by atoms with Crippen LogP contribution in [0.25, 0.3) is 0 Å². The minimum absolute atomic E-state index is 0.294. The van der Waals surface area contributed by atoms with E-state index in [1.54, 1.807) is 24.5 Å². The van der Waals surface area contributed by atoms with Gasteiger partial charge in [-0.15, -0.1) is 0 Å². The molecule has 3 aromatic carbocycles. The van der Waals surface area contributed by atoms with Gasteiger partial charge in [0.25, 0.3) is 5.91 Å². The van der Waals surface area contributed by atoms with Crippen molar-refractivity contribution < 1.29 is 22.0 Å². The Morgan fingerprint density at radius 3 is 1.97 bits per heavy atom. The monoisotopic (exact) mass is 507 g/mol. The molecule has 1 heterocycles. The molecule has 0 aliphatic carbocycles. The van der Waals surface area contributed by atoms with Crippen molar-refractivity contribution in [2.24, 2.45) is 0 Å². The lowest BCUT2D eigenvalue weighted by molar-refractivity contribution is 0.102. The molecule has 6 nitrogen and oxygen atoms in total. The molecule has 0 aliphatic rings. The SMILES string of the molecule is CS(=O)(=O)N(Cc1ccc(C(=O)Nc2ccc(Cc3ccncc3)cc2)cc1)c1c(F)cccc1F. The van der Waals surface area contributed by atoms with Gasteiger partial charge in [-0.2, -0.15) is 0 Å². The zero-order valence-corrected chi connectivity index (χ0v) is 20.2. The number of carbonyl (C=O) groups excluding carboxylic acids is 1. The number of sulfonamides is 1. The van der Waals surface area contributed by atoms with Crippen LogP contribution in [0, 0.1) is 11.6 Å². The van der Waals surface area contributed by atoms with Crippen LogP contribution < -0.4 is 9.62 Å². The van der Waals surface area contributed by atoms with Crippen LogP contribution in [0.4, 0.5) is 20.2 Å². The molecular weight excluding hydrogens is 484 g/mol. The maximum absolute atomic E-state index is 14.2. The fourth-order valence-corrected chi connectivity index (χ4v) is 4.55. The van der Waals surface area contributed by atoms with Gasteiger partial charge in [-0.25, -0.2) is 17.2 Å². The van der Waals surface area contributed by atoms with Crippen LogP contribution in [0.2, 0.25) is 0 Å². The molecular formula is C27H23F2N3O3S. The molecule has 184 valence electrons. The Morgan fingerprint density at radius 1 is 0.833 bits per heavy atom. The Labute approximate surface area is 208 Å². The van der Waals surface area contributed by atoms with Crippen LogP contribution in [-0.4, -0.2) is 25.6 Å². The van der Waals surface area contributed by atoms with E-state index in [0.29, 0.717) is 21.1 Å². The number of pyridine rings is 1. The number of anilines is 2. The highest BCUT2D eigenvalue weighted by Gasteiger charge is 2.24. The van der Waals surface area contributed by atoms with E-state index < -0.39 is 27.3 Å². The average Bonchev–Trinajstić information content (AvgIpc) is 2.85. The van der Waals surface area contributed by atoms with Gasteiger partial charge in [0.1, 0.15) is 5.69 Å². The van der Waals surface area contributed by atoms with Gasteiger partial charge in [0.2, 0.25) is 10.0 Å². The Balaban J connectivity index is 1.44. The number of benzene rings is 3. The lowest BCUT2D eigenvalue weighted by Gasteiger charge is -2.23. The van der Waals surface area contributed by atoms with Crippen LogP contribution in [0.3, 0.4) is 0 Å². The van der Waals surface area contributed by atoms with Gasteiger partial charge in [0, 0.05) is 23.6 Å². The molecule has 1 aromatic heterocycles. The van der Waals surface area contributed by atoms with Crippen LogP contribution in [0.5, 0.6) is 0 Å². The third-order valence-electron chi connectivity index (χ3n) is 5.50. The summed E-state index contributed by atoms with van der Waals surface area (Å²) in [4.78, 5) is 16.7. The molecule has 0 saturated heterocycles. The smallest absolute Gasteiger partial charge is 0.255 e. The fraction of sp³-hybridized carbons (Fsp3) is 0.111. The van der Waals surface area contributed by atoms with Crippen molar-refractivity contribution in [1.29, 1.82) is 0 Å². The first-order valence-corrected chi connectivity index (χ1v) is 12.9. The summed E-state index contributed by atoms with van der Waals surface area (Å²) in [5.41, 5.74) is 3.01. The van der Waals surface area contributed by atoms with Crippen molar-refractivity contribution in [3.8, 4) is 0 Å². The summed E-state index contributed by atoms with van der Waals surface area (Å²) < 4.78 is 53.7. The summed E-state index contributed by atoms with van der Waals surface area (Å²) >= 11 is 0. The van der Waals surface area contributed by atoms with Gasteiger partial charge >= 0.3 is 0 Å². The van der Waals surface area contributed by atoms with E-state index >= 15 is 0 Å². The molecule has 0 atom stereocenters. The summed E-state index contributed by atoms with van der Waals surface area (Å²) in [6, 6.07) is 20.7. The number of nitrogens with zero attached hydrogens (tertiary/aromatic N) is 2. The number of hydrogen-bond donors (Lipinski definition) is 1. The summed E-state index contributed by atoms with van der Waals surface area (Å²) in [5, 5.41) is 2.82. The van der Waals surface area contributed by atoms with E-state index in [-0.39, 0.29) is 12.5 Å². The second-order valence-electron chi connectivity index (χ2n) is 8.22. The largest absolute Gasteiger partial charge is 0.322 e. The van der Waals surface area contributed by atoms with Gasteiger partial charge in [-0.3, -0.25) is 14.1 Å². The predicted octanol–water partition coefficient (Wildman–Crippen LogP) is 5.17. The van der Waals surface area contributed by atoms with E-state index in [2.05, 4.69) is 10.3 Å². The molecule has 0 bridgehead atoms. The van der Waals surface area contributed by atoms with E-state index in [0.717, 1.165) is 42.0 Å². The van der Waals surface area contributed by atoms with Gasteiger partial charge in [-0.05, 0) is 71.6 Å². The summed E-state index contributed by atoms with van der Waals surface area (Å²) in [6.07, 6.45) is 5.11. The third kappa shape index (κ3) is 6.11. The molecule has 4 aromatic rings. The molecule has 0 aliphatic heterocycles. The van der Waals surface area contributed by atoms with Gasteiger partial charge in [0.05, 0.1) is 12.8 Å². The average molecular weight is 508 g/mol. The minimum Gasteiger partial charge on any atom is -0.322 e. The number of aromatic nitrogens is 1. The molecule has 0 radical (unpaired) electrons. The standard InChI is InChI=1S/C27H23F2N3O3S/c1-36(34,35)32(26-24(28)3-2-4-25(26)29)18-21-5-9-22(10-6-21)27(33)31-23-11-7-19(8-12-23)17-20-13-15-30-16-14-20/h2-16H,17-18H2,1H3,(H,31,33). The maximum atomic E-state index is 14.2. The number of hydrogen-bond acceptors (Lipinski definition) is 4. The second kappa shape index (κ2) is 10.7. The first-order chi connectivity index (χ1) is 17.2. The zero-order valence-electron chi connectivity index (χ0n) is 19.4. The quantitative estimate of drug-likeness (QED) is 0.357.